The van der Waals surface area contributed by atoms with Gasteiger partial charge >= 0.3 is 0 Å². The molecule has 19 heavy (non-hydrogen) atoms. The first-order valence-corrected chi connectivity index (χ1v) is 5.24. The molecule has 0 fully saturated rings. The Kier molecular flexibility index (Phi) is 3.53. The average molecular weight is 273 g/mol. The van der Waals surface area contributed by atoms with Crippen LogP contribution in [-0.2, 0) is 0 Å². The molecule has 0 aromatic heterocycles. The topological polar surface area (TPSA) is 26.0 Å². The van der Waals surface area contributed by atoms with E-state index in [1.54, 1.807) is 0 Å². The van der Waals surface area contributed by atoms with Crippen molar-refractivity contribution >= 4 is 0 Å². The highest BCUT2D eigenvalue weighted by molar-refractivity contribution is 5.33. The molecule has 1 atom stereocenters. The molecule has 0 amide bonds. The van der Waals surface area contributed by atoms with Crippen LogP contribution in [0.25, 0.3) is 0 Å². The molecular formula is C13H8F5N. The molecule has 0 aliphatic carbocycles. The lowest BCUT2D eigenvalue weighted by atomic mass is 9.99. The molecule has 0 radical (unpaired) electrons. The fourth-order valence-corrected chi connectivity index (χ4v) is 1.70. The maximum atomic E-state index is 13.1. The number of nitrogens with two attached hydrogens (primary N) is 1. The summed E-state index contributed by atoms with van der Waals surface area (Å²) in [4.78, 5) is 0. The smallest absolute Gasteiger partial charge is 0.194 e. The molecule has 2 N–H and O–H groups in total. The Labute approximate surface area is 105 Å². The van der Waals surface area contributed by atoms with Crippen molar-refractivity contribution in [2.45, 2.75) is 6.04 Å². The Hall–Kier alpha value is -1.95. The van der Waals surface area contributed by atoms with E-state index in [4.69, 9.17) is 5.73 Å². The second-order valence-corrected chi connectivity index (χ2v) is 3.98. The Morgan fingerprint density at radius 1 is 0.684 bits per heavy atom. The second-order valence-electron chi connectivity index (χ2n) is 3.98. The van der Waals surface area contributed by atoms with E-state index in [0.717, 1.165) is 12.1 Å². The van der Waals surface area contributed by atoms with Gasteiger partial charge in [0.05, 0.1) is 6.04 Å². The van der Waals surface area contributed by atoms with Crippen LogP contribution in [-0.4, -0.2) is 0 Å². The first kappa shape index (κ1) is 13.5. The predicted octanol–water partition coefficient (Wildman–Crippen LogP) is 3.43. The quantitative estimate of drug-likeness (QED) is 0.658. The lowest BCUT2D eigenvalue weighted by molar-refractivity contribution is 0.444. The maximum absolute atomic E-state index is 13.1. The van der Waals surface area contributed by atoms with E-state index >= 15 is 0 Å². The minimum absolute atomic E-state index is 0.0112. The van der Waals surface area contributed by atoms with E-state index < -0.39 is 35.1 Å². The summed E-state index contributed by atoms with van der Waals surface area (Å²) >= 11 is 0. The van der Waals surface area contributed by atoms with Crippen molar-refractivity contribution in [2.24, 2.45) is 5.73 Å². The second kappa shape index (κ2) is 4.97. The third-order valence-electron chi connectivity index (χ3n) is 2.61. The highest BCUT2D eigenvalue weighted by atomic mass is 19.2. The van der Waals surface area contributed by atoms with Gasteiger partial charge in [0.1, 0.15) is 11.6 Å². The number of rotatable bonds is 2. The summed E-state index contributed by atoms with van der Waals surface area (Å²) in [6, 6.07) is 2.72. The van der Waals surface area contributed by atoms with Crippen LogP contribution < -0.4 is 5.73 Å². The Bertz CT molecular complexity index is 583. The third-order valence-corrected chi connectivity index (χ3v) is 2.61. The van der Waals surface area contributed by atoms with Crippen molar-refractivity contribution in [1.82, 2.24) is 0 Å². The summed E-state index contributed by atoms with van der Waals surface area (Å²) < 4.78 is 65.0. The van der Waals surface area contributed by atoms with Gasteiger partial charge in [-0.1, -0.05) is 0 Å². The number of hydrogen-bond acceptors (Lipinski definition) is 1. The minimum atomic E-state index is -1.62. The van der Waals surface area contributed by atoms with Crippen LogP contribution in [0, 0.1) is 29.1 Å². The van der Waals surface area contributed by atoms with Gasteiger partial charge in [-0.3, -0.25) is 0 Å². The number of benzene rings is 2. The van der Waals surface area contributed by atoms with Gasteiger partial charge in [0.25, 0.3) is 0 Å². The van der Waals surface area contributed by atoms with Crippen molar-refractivity contribution < 1.29 is 22.0 Å². The van der Waals surface area contributed by atoms with Crippen molar-refractivity contribution in [3.05, 3.63) is 70.5 Å². The van der Waals surface area contributed by atoms with Crippen molar-refractivity contribution in [2.75, 3.05) is 0 Å². The molecule has 0 spiro atoms. The SMILES string of the molecule is NC(c1cc(F)cc(F)c1)c1cc(F)c(F)c(F)c1. The Morgan fingerprint density at radius 3 is 1.58 bits per heavy atom. The number of halogens is 5. The molecule has 1 nitrogen and oxygen atoms in total. The molecule has 0 aliphatic heterocycles. The summed E-state index contributed by atoms with van der Waals surface area (Å²) in [7, 11) is 0. The van der Waals surface area contributed by atoms with Crippen LogP contribution in [0.15, 0.2) is 30.3 Å². The summed E-state index contributed by atoms with van der Waals surface area (Å²) in [6.07, 6.45) is 0. The van der Waals surface area contributed by atoms with Gasteiger partial charge in [-0.05, 0) is 35.4 Å². The van der Waals surface area contributed by atoms with Crippen LogP contribution >= 0.6 is 0 Å². The first-order chi connectivity index (χ1) is 8.88. The summed E-state index contributed by atoms with van der Waals surface area (Å²) in [5.41, 5.74) is 5.52. The van der Waals surface area contributed by atoms with E-state index in [-0.39, 0.29) is 11.1 Å². The number of hydrogen-bond donors (Lipinski definition) is 1. The highest BCUT2D eigenvalue weighted by Gasteiger charge is 2.17. The van der Waals surface area contributed by atoms with Crippen molar-refractivity contribution in [1.29, 1.82) is 0 Å². The first-order valence-electron chi connectivity index (χ1n) is 5.24. The monoisotopic (exact) mass is 273 g/mol. The molecule has 0 saturated heterocycles. The molecule has 1 unspecified atom stereocenters. The summed E-state index contributed by atoms with van der Waals surface area (Å²) in [6.45, 7) is 0. The molecular weight excluding hydrogens is 265 g/mol. The highest BCUT2D eigenvalue weighted by Crippen LogP contribution is 2.24. The van der Waals surface area contributed by atoms with Crippen LogP contribution in [0.1, 0.15) is 17.2 Å². The van der Waals surface area contributed by atoms with E-state index in [0.29, 0.717) is 18.2 Å². The fourth-order valence-electron chi connectivity index (χ4n) is 1.70. The van der Waals surface area contributed by atoms with Crippen LogP contribution in [0.3, 0.4) is 0 Å². The molecule has 0 saturated carbocycles. The Morgan fingerprint density at radius 2 is 1.11 bits per heavy atom. The molecule has 0 heterocycles. The van der Waals surface area contributed by atoms with Crippen molar-refractivity contribution in [3.8, 4) is 0 Å². The zero-order chi connectivity index (χ0) is 14.2. The van der Waals surface area contributed by atoms with Crippen molar-refractivity contribution in [3.63, 3.8) is 0 Å². The van der Waals surface area contributed by atoms with Gasteiger partial charge < -0.3 is 5.73 Å². The average Bonchev–Trinajstić information content (AvgIpc) is 2.33. The third kappa shape index (κ3) is 2.73. The molecule has 0 bridgehead atoms. The van der Waals surface area contributed by atoms with Gasteiger partial charge in [-0.25, -0.2) is 22.0 Å². The Balaban J connectivity index is 2.46. The zero-order valence-corrected chi connectivity index (χ0v) is 9.43. The van der Waals surface area contributed by atoms with Gasteiger partial charge in [-0.15, -0.1) is 0 Å². The van der Waals surface area contributed by atoms with Gasteiger partial charge in [-0.2, -0.15) is 0 Å². The maximum Gasteiger partial charge on any atom is 0.194 e. The van der Waals surface area contributed by atoms with Gasteiger partial charge in [0.15, 0.2) is 17.5 Å². The summed E-state index contributed by atoms with van der Waals surface area (Å²) in [5, 5.41) is 0. The van der Waals surface area contributed by atoms with Gasteiger partial charge in [0.2, 0.25) is 0 Å². The van der Waals surface area contributed by atoms with Crippen LogP contribution in [0.5, 0.6) is 0 Å². The zero-order valence-electron chi connectivity index (χ0n) is 9.43. The molecule has 2 rings (SSSR count). The molecule has 6 heteroatoms. The minimum Gasteiger partial charge on any atom is -0.320 e. The van der Waals surface area contributed by atoms with E-state index in [1.807, 2.05) is 0 Å². The molecule has 2 aromatic rings. The summed E-state index contributed by atoms with van der Waals surface area (Å²) in [5.74, 6) is -6.19. The molecule has 0 aliphatic rings. The molecule has 100 valence electrons. The van der Waals surface area contributed by atoms with E-state index in [2.05, 4.69) is 0 Å². The van der Waals surface area contributed by atoms with Gasteiger partial charge in [0, 0.05) is 6.07 Å². The fraction of sp³-hybridized carbons (Fsp3) is 0.0769. The largest absolute Gasteiger partial charge is 0.320 e. The predicted molar refractivity (Wildman–Crippen MR) is 58.7 cm³/mol. The normalized spacial score (nSPS) is 12.5. The van der Waals surface area contributed by atoms with E-state index in [1.165, 1.54) is 0 Å². The lowest BCUT2D eigenvalue weighted by Crippen LogP contribution is -2.13. The van der Waals surface area contributed by atoms with Crippen LogP contribution in [0.2, 0.25) is 0 Å². The standard InChI is InChI=1S/C13H8F5N/c14-8-1-6(2-9(15)5-8)13(19)7-3-10(16)12(18)11(17)4-7/h1-5,13H,19H2. The van der Waals surface area contributed by atoms with Crippen LogP contribution in [0.4, 0.5) is 22.0 Å². The van der Waals surface area contributed by atoms with E-state index in [9.17, 15) is 22.0 Å². The lowest BCUT2D eigenvalue weighted by Gasteiger charge is -2.13. The molecule has 2 aromatic carbocycles.